The number of hydrogen-bond donors (Lipinski definition) is 1. The standard InChI is InChI=1S/C26H37N4O7PS/c1-4-7-17-35-26(33)30-15-13-29(14-16-30)25(32)21(18-38(34,36-5-2)37-6-3)27-23(31)22-19-39-24(28-22)20-11-9-8-10-12-20/h8-12,19,21H,4-7,13-18H2,1-3H3,(H,27,31)/t21-/m0/s1. The number of carbonyl (C=O) groups is 3. The summed E-state index contributed by atoms with van der Waals surface area (Å²) in [5.74, 6) is -0.995. The average molecular weight is 581 g/mol. The number of nitrogens with one attached hydrogen (secondary N) is 1. The Balaban J connectivity index is 1.72. The highest BCUT2D eigenvalue weighted by Gasteiger charge is 2.37. The molecule has 1 aliphatic rings. The maximum absolute atomic E-state index is 13.6. The van der Waals surface area contributed by atoms with E-state index in [0.717, 1.165) is 18.4 Å². The van der Waals surface area contributed by atoms with Crippen LogP contribution in [0.5, 0.6) is 0 Å². The molecular formula is C26H37N4O7PS. The first-order valence-corrected chi connectivity index (χ1v) is 15.8. The van der Waals surface area contributed by atoms with E-state index in [1.54, 1.807) is 29.0 Å². The number of piperazine rings is 1. The Morgan fingerprint density at radius 2 is 1.67 bits per heavy atom. The van der Waals surface area contributed by atoms with Gasteiger partial charge in [-0.15, -0.1) is 11.3 Å². The van der Waals surface area contributed by atoms with E-state index < -0.39 is 31.5 Å². The van der Waals surface area contributed by atoms with Crippen LogP contribution in [-0.2, 0) is 23.1 Å². The molecule has 0 bridgehead atoms. The summed E-state index contributed by atoms with van der Waals surface area (Å²) in [6, 6.07) is 8.28. The molecule has 3 amide bonds. The Hall–Kier alpha value is -2.79. The van der Waals surface area contributed by atoms with E-state index in [1.165, 1.54) is 11.3 Å². The first-order valence-electron chi connectivity index (χ1n) is 13.2. The molecule has 214 valence electrons. The van der Waals surface area contributed by atoms with Crippen LogP contribution in [0.4, 0.5) is 4.79 Å². The number of nitrogens with zero attached hydrogens (tertiary/aromatic N) is 3. The minimum atomic E-state index is -3.68. The third-order valence-corrected chi connectivity index (χ3v) is 9.00. The molecule has 0 unspecified atom stereocenters. The van der Waals surface area contributed by atoms with Crippen molar-refractivity contribution < 1.29 is 32.7 Å². The summed E-state index contributed by atoms with van der Waals surface area (Å²) in [5, 5.41) is 5.00. The van der Waals surface area contributed by atoms with Crippen LogP contribution in [0.3, 0.4) is 0 Å². The number of thiazole rings is 1. The van der Waals surface area contributed by atoms with Gasteiger partial charge in [0.1, 0.15) is 16.7 Å². The Morgan fingerprint density at radius 1 is 1.03 bits per heavy atom. The second-order valence-corrected chi connectivity index (χ2v) is 11.8. The van der Waals surface area contributed by atoms with Gasteiger partial charge < -0.3 is 28.9 Å². The van der Waals surface area contributed by atoms with Crippen molar-refractivity contribution in [2.24, 2.45) is 0 Å². The smallest absolute Gasteiger partial charge is 0.409 e. The van der Waals surface area contributed by atoms with E-state index in [1.807, 2.05) is 37.3 Å². The van der Waals surface area contributed by atoms with Crippen LogP contribution in [0.15, 0.2) is 35.7 Å². The number of hydrogen-bond acceptors (Lipinski definition) is 9. The van der Waals surface area contributed by atoms with Gasteiger partial charge >= 0.3 is 13.7 Å². The first-order chi connectivity index (χ1) is 18.8. The maximum atomic E-state index is 13.6. The fourth-order valence-electron chi connectivity index (χ4n) is 3.99. The predicted molar refractivity (Wildman–Crippen MR) is 149 cm³/mol. The van der Waals surface area contributed by atoms with Crippen LogP contribution in [0, 0.1) is 0 Å². The minimum Gasteiger partial charge on any atom is -0.449 e. The molecule has 2 heterocycles. The van der Waals surface area contributed by atoms with Crippen LogP contribution >= 0.6 is 18.9 Å². The van der Waals surface area contributed by atoms with Gasteiger partial charge in [-0.25, -0.2) is 9.78 Å². The summed E-state index contributed by atoms with van der Waals surface area (Å²) in [6.45, 7) is 7.05. The highest BCUT2D eigenvalue weighted by Crippen LogP contribution is 2.48. The summed E-state index contributed by atoms with van der Waals surface area (Å²) in [4.78, 5) is 46.6. The highest BCUT2D eigenvalue weighted by atomic mass is 32.1. The fraction of sp³-hybridized carbons (Fsp3) is 0.538. The number of carbonyl (C=O) groups excluding carboxylic acids is 3. The van der Waals surface area contributed by atoms with Crippen molar-refractivity contribution in [1.82, 2.24) is 20.1 Å². The molecular weight excluding hydrogens is 543 g/mol. The molecule has 1 N–H and O–H groups in total. The molecule has 0 spiro atoms. The topological polar surface area (TPSA) is 127 Å². The SMILES string of the molecule is CCCCOC(=O)N1CCN(C(=O)[C@H](CP(=O)(OCC)OCC)NC(=O)c2csc(-c3ccccc3)n2)CC1. The molecule has 13 heteroatoms. The van der Waals surface area contributed by atoms with Crippen LogP contribution in [-0.4, -0.2) is 90.9 Å². The zero-order chi connectivity index (χ0) is 28.3. The Bertz CT molecular complexity index is 1130. The monoisotopic (exact) mass is 580 g/mol. The van der Waals surface area contributed by atoms with Gasteiger partial charge in [-0.3, -0.25) is 14.2 Å². The number of aromatic nitrogens is 1. The van der Waals surface area contributed by atoms with E-state index in [4.69, 9.17) is 13.8 Å². The number of ether oxygens (including phenoxy) is 1. The number of rotatable bonds is 13. The largest absolute Gasteiger partial charge is 0.449 e. The van der Waals surface area contributed by atoms with E-state index in [-0.39, 0.29) is 38.2 Å². The third kappa shape index (κ3) is 8.86. The summed E-state index contributed by atoms with van der Waals surface area (Å²) >= 11 is 1.31. The molecule has 0 saturated carbocycles. The van der Waals surface area contributed by atoms with Crippen LogP contribution in [0.25, 0.3) is 10.6 Å². The normalized spacial score (nSPS) is 14.6. The number of amides is 3. The first kappa shape index (κ1) is 30.7. The lowest BCUT2D eigenvalue weighted by atomic mass is 10.2. The lowest BCUT2D eigenvalue weighted by Crippen LogP contribution is -2.56. The van der Waals surface area contributed by atoms with Crippen LogP contribution in [0.1, 0.15) is 44.1 Å². The molecule has 11 nitrogen and oxygen atoms in total. The van der Waals surface area contributed by atoms with Gasteiger partial charge in [0.2, 0.25) is 5.91 Å². The molecule has 1 aromatic carbocycles. The van der Waals surface area contributed by atoms with Gasteiger partial charge in [-0.2, -0.15) is 0 Å². The maximum Gasteiger partial charge on any atom is 0.409 e. The van der Waals surface area contributed by atoms with E-state index in [9.17, 15) is 18.9 Å². The Morgan fingerprint density at radius 3 is 2.28 bits per heavy atom. The second kappa shape index (κ2) is 15.1. The Labute approximate surface area is 233 Å². The minimum absolute atomic E-state index is 0.122. The molecule has 2 aromatic rings. The molecule has 1 aliphatic heterocycles. The summed E-state index contributed by atoms with van der Waals surface area (Å²) in [6.07, 6.45) is 0.978. The highest BCUT2D eigenvalue weighted by molar-refractivity contribution is 7.54. The van der Waals surface area contributed by atoms with Gasteiger partial charge in [0.15, 0.2) is 0 Å². The average Bonchev–Trinajstić information content (AvgIpc) is 3.44. The zero-order valence-electron chi connectivity index (χ0n) is 22.7. The van der Waals surface area contributed by atoms with Crippen LogP contribution < -0.4 is 5.32 Å². The summed E-state index contributed by atoms with van der Waals surface area (Å²) in [5.41, 5.74) is 1.02. The zero-order valence-corrected chi connectivity index (χ0v) is 24.4. The van der Waals surface area contributed by atoms with Gasteiger partial charge in [0, 0.05) is 37.1 Å². The predicted octanol–water partition coefficient (Wildman–Crippen LogP) is 4.26. The molecule has 1 saturated heterocycles. The second-order valence-electron chi connectivity index (χ2n) is 8.84. The summed E-state index contributed by atoms with van der Waals surface area (Å²) in [7, 11) is -3.68. The van der Waals surface area contributed by atoms with Crippen molar-refractivity contribution >= 4 is 36.8 Å². The molecule has 1 atom stereocenters. The van der Waals surface area contributed by atoms with Crippen molar-refractivity contribution in [2.75, 3.05) is 52.2 Å². The van der Waals surface area contributed by atoms with E-state index in [2.05, 4.69) is 10.3 Å². The molecule has 0 aliphatic carbocycles. The van der Waals surface area contributed by atoms with Crippen molar-refractivity contribution in [2.45, 2.75) is 39.7 Å². The van der Waals surface area contributed by atoms with Gasteiger partial charge in [-0.1, -0.05) is 43.7 Å². The fourth-order valence-corrected chi connectivity index (χ4v) is 6.57. The number of unbranched alkanes of at least 4 members (excludes halogenated alkanes) is 1. The quantitative estimate of drug-likeness (QED) is 0.275. The molecule has 0 radical (unpaired) electrons. The van der Waals surface area contributed by atoms with Crippen LogP contribution in [0.2, 0.25) is 0 Å². The van der Waals surface area contributed by atoms with Crippen molar-refractivity contribution in [1.29, 1.82) is 0 Å². The lowest BCUT2D eigenvalue weighted by Gasteiger charge is -2.36. The molecule has 39 heavy (non-hydrogen) atoms. The molecule has 3 rings (SSSR count). The molecule has 1 fully saturated rings. The van der Waals surface area contributed by atoms with E-state index >= 15 is 0 Å². The van der Waals surface area contributed by atoms with Crippen molar-refractivity contribution in [3.63, 3.8) is 0 Å². The van der Waals surface area contributed by atoms with Gasteiger partial charge in [-0.05, 0) is 20.3 Å². The van der Waals surface area contributed by atoms with Crippen molar-refractivity contribution in [3.8, 4) is 10.6 Å². The van der Waals surface area contributed by atoms with Crippen molar-refractivity contribution in [3.05, 3.63) is 41.4 Å². The molecule has 1 aromatic heterocycles. The summed E-state index contributed by atoms with van der Waals surface area (Å²) < 4.78 is 29.4. The van der Waals surface area contributed by atoms with Gasteiger partial charge in [0.05, 0.1) is 26.0 Å². The number of benzene rings is 1. The van der Waals surface area contributed by atoms with E-state index in [0.29, 0.717) is 24.7 Å². The van der Waals surface area contributed by atoms with Gasteiger partial charge in [0.25, 0.3) is 5.91 Å². The lowest BCUT2D eigenvalue weighted by molar-refractivity contribution is -0.134. The Kier molecular flexibility index (Phi) is 11.9. The third-order valence-electron chi connectivity index (χ3n) is 5.99.